The van der Waals surface area contributed by atoms with Crippen molar-refractivity contribution in [1.82, 2.24) is 4.72 Å². The summed E-state index contributed by atoms with van der Waals surface area (Å²) < 4.78 is 28.6. The molecule has 3 unspecified atom stereocenters. The van der Waals surface area contributed by atoms with Crippen LogP contribution in [0.2, 0.25) is 0 Å². The molecule has 3 aliphatic carbocycles. The molecule has 6 heteroatoms. The molecule has 0 heterocycles. The van der Waals surface area contributed by atoms with Crippen molar-refractivity contribution in [3.8, 4) is 0 Å². The number of Topliss-reactive ketones (excluding diaryl/α,β-unsaturated/α-hetero) is 1. The van der Waals surface area contributed by atoms with Crippen LogP contribution in [0.25, 0.3) is 0 Å². The number of hydrogen-bond acceptors (Lipinski definition) is 4. The molecule has 0 saturated heterocycles. The van der Waals surface area contributed by atoms with Gasteiger partial charge in [-0.3, -0.25) is 4.79 Å². The Kier molecular flexibility index (Phi) is 4.33. The van der Waals surface area contributed by atoms with Gasteiger partial charge in [0.05, 0.1) is 5.75 Å². The van der Waals surface area contributed by atoms with Gasteiger partial charge in [-0.25, -0.2) is 13.1 Å². The maximum Gasteiger partial charge on any atom is 0.212 e. The van der Waals surface area contributed by atoms with Crippen molar-refractivity contribution in [2.24, 2.45) is 22.7 Å². The third-order valence-corrected chi connectivity index (χ3v) is 9.12. The van der Waals surface area contributed by atoms with Gasteiger partial charge in [-0.15, -0.1) is 0 Å². The molecule has 0 spiro atoms. The third kappa shape index (κ3) is 2.97. The van der Waals surface area contributed by atoms with E-state index in [0.717, 1.165) is 24.8 Å². The van der Waals surface area contributed by atoms with E-state index in [4.69, 9.17) is 0 Å². The molecule has 3 atom stereocenters. The van der Waals surface area contributed by atoms with Crippen molar-refractivity contribution in [1.29, 1.82) is 0 Å². The van der Waals surface area contributed by atoms with E-state index in [1.54, 1.807) is 0 Å². The highest BCUT2D eigenvalue weighted by molar-refractivity contribution is 7.89. The summed E-state index contributed by atoms with van der Waals surface area (Å²) in [5.41, 5.74) is -1.52. The molecule has 0 radical (unpaired) electrons. The van der Waals surface area contributed by atoms with Crippen molar-refractivity contribution >= 4 is 15.8 Å². The van der Waals surface area contributed by atoms with Crippen LogP contribution in [0.15, 0.2) is 30.3 Å². The lowest BCUT2D eigenvalue weighted by atomic mass is 9.70. The average molecular weight is 392 g/mol. The molecule has 5 nitrogen and oxygen atoms in total. The average Bonchev–Trinajstić information content (AvgIpc) is 3.42. The van der Waals surface area contributed by atoms with E-state index in [9.17, 15) is 18.3 Å². The highest BCUT2D eigenvalue weighted by atomic mass is 32.2. The Hall–Kier alpha value is -1.24. The van der Waals surface area contributed by atoms with Crippen LogP contribution in [0.5, 0.6) is 0 Å². The van der Waals surface area contributed by atoms with Crippen LogP contribution in [-0.2, 0) is 20.4 Å². The maximum atomic E-state index is 12.9. The minimum atomic E-state index is -3.69. The summed E-state index contributed by atoms with van der Waals surface area (Å²) in [6.07, 6.45) is 3.85. The second-order valence-corrected chi connectivity index (χ2v) is 11.1. The number of nitrogens with one attached hydrogen (secondary N) is 1. The van der Waals surface area contributed by atoms with Crippen LogP contribution in [-0.4, -0.2) is 31.6 Å². The largest absolute Gasteiger partial charge is 0.383 e. The number of benzene rings is 1. The lowest BCUT2D eigenvalue weighted by Crippen LogP contribution is -2.48. The van der Waals surface area contributed by atoms with E-state index in [2.05, 4.69) is 4.72 Å². The third-order valence-electron chi connectivity index (χ3n) is 7.66. The van der Waals surface area contributed by atoms with Crippen molar-refractivity contribution < 1.29 is 18.3 Å². The van der Waals surface area contributed by atoms with Crippen molar-refractivity contribution in [2.75, 3.05) is 12.3 Å². The smallest absolute Gasteiger partial charge is 0.212 e. The normalized spacial score (nSPS) is 31.8. The molecule has 3 aliphatic rings. The maximum absolute atomic E-state index is 12.9. The molecular weight excluding hydrogens is 362 g/mol. The first-order valence-electron chi connectivity index (χ1n) is 9.89. The predicted octanol–water partition coefficient (Wildman–Crippen LogP) is 2.60. The fraction of sp³-hybridized carbons (Fsp3) is 0.667. The monoisotopic (exact) mass is 391 g/mol. The Morgan fingerprint density at radius 2 is 1.85 bits per heavy atom. The van der Waals surface area contributed by atoms with E-state index in [1.165, 1.54) is 0 Å². The van der Waals surface area contributed by atoms with Gasteiger partial charge in [0.25, 0.3) is 0 Å². The molecule has 0 aromatic heterocycles. The summed E-state index contributed by atoms with van der Waals surface area (Å²) in [5.74, 6) is 0.279. The zero-order valence-electron chi connectivity index (χ0n) is 16.1. The van der Waals surface area contributed by atoms with Crippen LogP contribution in [0.3, 0.4) is 0 Å². The van der Waals surface area contributed by atoms with E-state index in [0.29, 0.717) is 12.8 Å². The van der Waals surface area contributed by atoms with Crippen LogP contribution in [0, 0.1) is 22.7 Å². The summed E-state index contributed by atoms with van der Waals surface area (Å²) in [4.78, 5) is 12.7. The van der Waals surface area contributed by atoms with E-state index < -0.39 is 21.0 Å². The molecule has 148 valence electrons. The number of rotatable bonds is 7. The zero-order valence-corrected chi connectivity index (χ0v) is 16.9. The van der Waals surface area contributed by atoms with Crippen LogP contribution < -0.4 is 4.72 Å². The lowest BCUT2D eigenvalue weighted by molar-refractivity contribution is -0.128. The topological polar surface area (TPSA) is 83.5 Å². The Bertz CT molecular complexity index is 846. The Morgan fingerprint density at radius 3 is 2.37 bits per heavy atom. The lowest BCUT2D eigenvalue weighted by Gasteiger charge is -2.36. The molecule has 0 aliphatic heterocycles. The van der Waals surface area contributed by atoms with Crippen molar-refractivity contribution in [2.45, 2.75) is 51.6 Å². The SMILES string of the molecule is CC1(C)C2CCC1(CS(=O)(=O)NCC(O)(c1ccccc1)C1CC1)C(=O)C2. The minimum absolute atomic E-state index is 0.0435. The van der Waals surface area contributed by atoms with Gasteiger partial charge in [-0.1, -0.05) is 44.2 Å². The molecular formula is C21H29NO4S. The molecule has 4 rings (SSSR count). The van der Waals surface area contributed by atoms with E-state index >= 15 is 0 Å². The Morgan fingerprint density at radius 1 is 1.19 bits per heavy atom. The molecule has 27 heavy (non-hydrogen) atoms. The van der Waals surface area contributed by atoms with Crippen LogP contribution in [0.1, 0.15) is 51.5 Å². The predicted molar refractivity (Wildman–Crippen MR) is 103 cm³/mol. The van der Waals surface area contributed by atoms with Gasteiger partial charge in [0.2, 0.25) is 10.0 Å². The van der Waals surface area contributed by atoms with Gasteiger partial charge in [-0.05, 0) is 48.5 Å². The van der Waals surface area contributed by atoms with Gasteiger partial charge in [0, 0.05) is 18.4 Å². The van der Waals surface area contributed by atoms with E-state index in [-0.39, 0.29) is 35.3 Å². The second kappa shape index (κ2) is 6.13. The minimum Gasteiger partial charge on any atom is -0.383 e. The quantitative estimate of drug-likeness (QED) is 0.748. The first-order valence-corrected chi connectivity index (χ1v) is 11.5. The van der Waals surface area contributed by atoms with Crippen molar-refractivity contribution in [3.05, 3.63) is 35.9 Å². The first-order chi connectivity index (χ1) is 12.6. The number of sulfonamides is 1. The fourth-order valence-corrected chi connectivity index (χ4v) is 7.34. The Balaban J connectivity index is 1.53. The van der Waals surface area contributed by atoms with Gasteiger partial charge < -0.3 is 5.11 Å². The molecule has 1 aromatic carbocycles. The molecule has 0 amide bonds. The summed E-state index contributed by atoms with van der Waals surface area (Å²) in [6.45, 7) is 4.03. The van der Waals surface area contributed by atoms with Gasteiger partial charge in [0.1, 0.15) is 11.4 Å². The highest BCUT2D eigenvalue weighted by Gasteiger charge is 2.65. The highest BCUT2D eigenvalue weighted by Crippen LogP contribution is 2.64. The number of fused-ring (bicyclic) bond motifs is 2. The van der Waals surface area contributed by atoms with Crippen molar-refractivity contribution in [3.63, 3.8) is 0 Å². The number of carbonyl (C=O) groups is 1. The standard InChI is InChI=1S/C21H29NO4S/c1-19(2)17-10-11-20(19,18(23)12-17)14-27(25,26)22-13-21(24,16-8-9-16)15-6-4-3-5-7-15/h3-7,16-17,22,24H,8-14H2,1-2H3. The summed E-state index contributed by atoms with van der Waals surface area (Å²) in [7, 11) is -3.69. The molecule has 3 fully saturated rings. The molecule has 2 N–H and O–H groups in total. The second-order valence-electron chi connectivity index (χ2n) is 9.31. The van der Waals surface area contributed by atoms with Gasteiger partial charge in [0.15, 0.2) is 0 Å². The van der Waals surface area contributed by atoms with Gasteiger partial charge >= 0.3 is 0 Å². The number of carbonyl (C=O) groups excluding carboxylic acids is 1. The molecule has 2 bridgehead atoms. The summed E-state index contributed by atoms with van der Waals surface area (Å²) >= 11 is 0. The zero-order chi connectivity index (χ0) is 19.5. The van der Waals surface area contributed by atoms with Crippen LogP contribution in [0.4, 0.5) is 0 Å². The molecule has 1 aromatic rings. The van der Waals surface area contributed by atoms with E-state index in [1.807, 2.05) is 44.2 Å². The van der Waals surface area contributed by atoms with Gasteiger partial charge in [-0.2, -0.15) is 0 Å². The number of hydrogen-bond donors (Lipinski definition) is 2. The van der Waals surface area contributed by atoms with Crippen LogP contribution >= 0.6 is 0 Å². The first kappa shape index (κ1) is 19.1. The summed E-state index contributed by atoms with van der Waals surface area (Å²) in [5, 5.41) is 11.2. The molecule has 3 saturated carbocycles. The number of ketones is 1. The Labute approximate surface area is 161 Å². The summed E-state index contributed by atoms with van der Waals surface area (Å²) in [6, 6.07) is 9.28. The number of aliphatic hydroxyl groups is 1. The fourth-order valence-electron chi connectivity index (χ4n) is 5.47.